The lowest BCUT2D eigenvalue weighted by molar-refractivity contribution is 0.0761. The molecule has 29 heavy (non-hydrogen) atoms. The molecule has 0 heterocycles. The molecule has 0 atom stereocenters. The monoisotopic (exact) mass is 452 g/mol. The minimum atomic E-state index is -0.378. The van der Waals surface area contributed by atoms with Crippen LogP contribution in [0.4, 0.5) is 5.69 Å². The van der Waals surface area contributed by atoms with Crippen LogP contribution in [0.15, 0.2) is 36.4 Å². The number of nitrogens with zero attached hydrogens (tertiary/aromatic N) is 1. The molecule has 3 rings (SSSR count). The van der Waals surface area contributed by atoms with E-state index in [0.717, 1.165) is 12.8 Å². The van der Waals surface area contributed by atoms with Crippen molar-refractivity contribution in [3.63, 3.8) is 0 Å². The number of hydrogen-bond acceptors (Lipinski definition) is 2. The molecule has 0 unspecified atom stereocenters. The van der Waals surface area contributed by atoms with Gasteiger partial charge in [0.1, 0.15) is 0 Å². The number of anilines is 1. The summed E-state index contributed by atoms with van der Waals surface area (Å²) < 4.78 is 0. The first kappa shape index (κ1) is 21.9. The largest absolute Gasteiger partial charge is 0.341 e. The van der Waals surface area contributed by atoms with Gasteiger partial charge in [-0.05, 0) is 43.0 Å². The lowest BCUT2D eigenvalue weighted by atomic mass is 9.89. The number of carbonyl (C=O) groups is 2. The third kappa shape index (κ3) is 5.44. The van der Waals surface area contributed by atoms with Gasteiger partial charge in [0.15, 0.2) is 0 Å². The van der Waals surface area contributed by atoms with Crippen LogP contribution in [0.2, 0.25) is 15.1 Å². The zero-order valence-electron chi connectivity index (χ0n) is 16.2. The zero-order chi connectivity index (χ0) is 21.0. The number of benzene rings is 2. The average Bonchev–Trinajstić information content (AvgIpc) is 2.68. The van der Waals surface area contributed by atoms with Crippen molar-refractivity contribution in [3.8, 4) is 0 Å². The molecule has 0 aromatic heterocycles. The standard InChI is InChI=1S/C22H23Cl3N2O2/c1-27(13-14-7-3-2-4-8-14)22(29)20-18(24)11-15(12-19(20)25)26-21(28)16-9-5-6-10-17(16)23/h5-6,9-12,14H,2-4,7-8,13H2,1H3,(H,26,28). The maximum atomic E-state index is 12.9. The Morgan fingerprint density at radius 1 is 1.00 bits per heavy atom. The van der Waals surface area contributed by atoms with Crippen molar-refractivity contribution in [3.05, 3.63) is 62.6 Å². The minimum absolute atomic E-state index is 0.201. The summed E-state index contributed by atoms with van der Waals surface area (Å²) in [6, 6.07) is 9.80. The third-order valence-corrected chi connectivity index (χ3v) is 6.16. The van der Waals surface area contributed by atoms with Gasteiger partial charge >= 0.3 is 0 Å². The van der Waals surface area contributed by atoms with Crippen molar-refractivity contribution in [1.29, 1.82) is 0 Å². The van der Waals surface area contributed by atoms with Crippen molar-refractivity contribution >= 4 is 52.3 Å². The Morgan fingerprint density at radius 3 is 2.24 bits per heavy atom. The normalized spacial score (nSPS) is 14.5. The van der Waals surface area contributed by atoms with Crippen molar-refractivity contribution in [2.24, 2.45) is 5.92 Å². The van der Waals surface area contributed by atoms with E-state index in [1.165, 1.54) is 31.4 Å². The lowest BCUT2D eigenvalue weighted by Crippen LogP contribution is -2.33. The summed E-state index contributed by atoms with van der Waals surface area (Å²) in [7, 11) is 1.77. The summed E-state index contributed by atoms with van der Waals surface area (Å²) in [6.07, 6.45) is 5.99. The summed E-state index contributed by atoms with van der Waals surface area (Å²) in [4.78, 5) is 27.0. The van der Waals surface area contributed by atoms with Gasteiger partial charge in [-0.15, -0.1) is 0 Å². The van der Waals surface area contributed by atoms with Gasteiger partial charge in [-0.2, -0.15) is 0 Å². The van der Waals surface area contributed by atoms with Gasteiger partial charge < -0.3 is 10.2 Å². The van der Waals surface area contributed by atoms with E-state index in [2.05, 4.69) is 5.32 Å². The molecule has 0 saturated heterocycles. The Bertz CT molecular complexity index is 888. The van der Waals surface area contributed by atoms with Crippen LogP contribution in [0.25, 0.3) is 0 Å². The highest BCUT2D eigenvalue weighted by molar-refractivity contribution is 6.40. The van der Waals surface area contributed by atoms with Gasteiger partial charge in [-0.3, -0.25) is 9.59 Å². The van der Waals surface area contributed by atoms with E-state index in [1.54, 1.807) is 36.2 Å². The Morgan fingerprint density at radius 2 is 1.62 bits per heavy atom. The van der Waals surface area contributed by atoms with Crippen LogP contribution in [0, 0.1) is 5.92 Å². The lowest BCUT2D eigenvalue weighted by Gasteiger charge is -2.27. The highest BCUT2D eigenvalue weighted by atomic mass is 35.5. The van der Waals surface area contributed by atoms with E-state index in [-0.39, 0.29) is 27.4 Å². The minimum Gasteiger partial charge on any atom is -0.341 e. The van der Waals surface area contributed by atoms with Gasteiger partial charge in [0.25, 0.3) is 11.8 Å². The van der Waals surface area contributed by atoms with E-state index in [9.17, 15) is 9.59 Å². The number of amides is 2. The molecule has 1 N–H and O–H groups in total. The molecule has 2 amide bonds. The second-order valence-corrected chi connectivity index (χ2v) is 8.66. The first-order chi connectivity index (χ1) is 13.9. The van der Waals surface area contributed by atoms with Crippen LogP contribution < -0.4 is 5.32 Å². The van der Waals surface area contributed by atoms with Gasteiger partial charge in [-0.1, -0.05) is 66.2 Å². The molecule has 0 spiro atoms. The number of nitrogens with one attached hydrogen (secondary N) is 1. The molecule has 154 valence electrons. The van der Waals surface area contributed by atoms with Crippen LogP contribution in [0.1, 0.15) is 52.8 Å². The van der Waals surface area contributed by atoms with E-state index >= 15 is 0 Å². The molecule has 0 radical (unpaired) electrons. The number of rotatable bonds is 5. The van der Waals surface area contributed by atoms with E-state index in [1.807, 2.05) is 0 Å². The van der Waals surface area contributed by atoms with Gasteiger partial charge in [0, 0.05) is 19.3 Å². The Labute approximate surface area is 186 Å². The van der Waals surface area contributed by atoms with Crippen molar-refractivity contribution in [1.82, 2.24) is 4.90 Å². The van der Waals surface area contributed by atoms with Crippen LogP contribution in [0.3, 0.4) is 0 Å². The average molecular weight is 454 g/mol. The molecule has 4 nitrogen and oxygen atoms in total. The topological polar surface area (TPSA) is 49.4 Å². The molecular formula is C22H23Cl3N2O2. The van der Waals surface area contributed by atoms with E-state index in [4.69, 9.17) is 34.8 Å². The first-order valence-corrected chi connectivity index (χ1v) is 10.8. The summed E-state index contributed by atoms with van der Waals surface area (Å²) in [6.45, 7) is 0.691. The molecule has 0 bridgehead atoms. The number of halogens is 3. The van der Waals surface area contributed by atoms with Crippen molar-refractivity contribution < 1.29 is 9.59 Å². The maximum Gasteiger partial charge on any atom is 0.257 e. The van der Waals surface area contributed by atoms with E-state index in [0.29, 0.717) is 28.7 Å². The summed E-state index contributed by atoms with van der Waals surface area (Å²) >= 11 is 18.8. The predicted octanol–water partition coefficient (Wildman–Crippen LogP) is 6.55. The summed E-state index contributed by atoms with van der Waals surface area (Å²) in [5.74, 6) is -0.0739. The second kappa shape index (κ2) is 9.84. The third-order valence-electron chi connectivity index (χ3n) is 5.24. The van der Waals surface area contributed by atoms with Crippen molar-refractivity contribution in [2.45, 2.75) is 32.1 Å². The molecule has 1 saturated carbocycles. The highest BCUT2D eigenvalue weighted by Crippen LogP contribution is 2.31. The van der Waals surface area contributed by atoms with Crippen LogP contribution in [-0.4, -0.2) is 30.3 Å². The summed E-state index contributed by atoms with van der Waals surface area (Å²) in [5, 5.41) is 3.47. The quantitative estimate of drug-likeness (QED) is 0.558. The second-order valence-electron chi connectivity index (χ2n) is 7.44. The Kier molecular flexibility index (Phi) is 7.44. The first-order valence-electron chi connectivity index (χ1n) is 9.67. The summed E-state index contributed by atoms with van der Waals surface area (Å²) in [5.41, 5.74) is 0.993. The SMILES string of the molecule is CN(CC1CCCCC1)C(=O)c1c(Cl)cc(NC(=O)c2ccccc2Cl)cc1Cl. The molecule has 1 fully saturated rings. The predicted molar refractivity (Wildman–Crippen MR) is 119 cm³/mol. The Balaban J connectivity index is 1.74. The fourth-order valence-corrected chi connectivity index (χ4v) is 4.59. The van der Waals surface area contributed by atoms with Gasteiger partial charge in [0.05, 0.1) is 26.2 Å². The zero-order valence-corrected chi connectivity index (χ0v) is 18.4. The number of hydrogen-bond donors (Lipinski definition) is 1. The van der Waals surface area contributed by atoms with Crippen molar-refractivity contribution in [2.75, 3.05) is 18.9 Å². The fraction of sp³-hybridized carbons (Fsp3) is 0.364. The Hall–Kier alpha value is -1.75. The van der Waals surface area contributed by atoms with Crippen LogP contribution in [-0.2, 0) is 0 Å². The van der Waals surface area contributed by atoms with Crippen LogP contribution in [0.5, 0.6) is 0 Å². The molecule has 7 heteroatoms. The molecule has 2 aromatic rings. The molecule has 1 aliphatic carbocycles. The smallest absolute Gasteiger partial charge is 0.257 e. The molecular weight excluding hydrogens is 431 g/mol. The van der Waals surface area contributed by atoms with Gasteiger partial charge in [0.2, 0.25) is 0 Å². The van der Waals surface area contributed by atoms with Gasteiger partial charge in [-0.25, -0.2) is 0 Å². The van der Waals surface area contributed by atoms with E-state index < -0.39 is 0 Å². The highest BCUT2D eigenvalue weighted by Gasteiger charge is 2.23. The van der Waals surface area contributed by atoms with Crippen LogP contribution >= 0.6 is 34.8 Å². The molecule has 0 aliphatic heterocycles. The molecule has 2 aromatic carbocycles. The molecule has 1 aliphatic rings. The number of carbonyl (C=O) groups excluding carboxylic acids is 2. The maximum absolute atomic E-state index is 12.9. The fourth-order valence-electron chi connectivity index (χ4n) is 3.72.